The SMILES string of the molecule is O=C(c1cc2c(CC3CCOCC3)[nH]nc2cc1O)N1Cc2ccc(CN3CCOCC3)cc2C1. The quantitative estimate of drug-likeness (QED) is 0.588. The van der Waals surface area contributed by atoms with Gasteiger partial charge in [0.25, 0.3) is 5.91 Å². The molecule has 2 saturated heterocycles. The zero-order valence-electron chi connectivity index (χ0n) is 20.0. The Labute approximate surface area is 204 Å². The van der Waals surface area contributed by atoms with Crippen LogP contribution in [-0.4, -0.2) is 70.5 Å². The van der Waals surface area contributed by atoms with Crippen LogP contribution in [0.25, 0.3) is 10.9 Å². The van der Waals surface area contributed by atoms with Gasteiger partial charge >= 0.3 is 0 Å². The van der Waals surface area contributed by atoms with Crippen molar-refractivity contribution in [3.05, 3.63) is 58.3 Å². The second kappa shape index (κ2) is 9.60. The molecule has 184 valence electrons. The number of carbonyl (C=O) groups excluding carboxylic acids is 1. The highest BCUT2D eigenvalue weighted by molar-refractivity contribution is 6.01. The summed E-state index contributed by atoms with van der Waals surface area (Å²) in [4.78, 5) is 17.7. The van der Waals surface area contributed by atoms with E-state index in [1.165, 1.54) is 16.7 Å². The number of aromatic hydroxyl groups is 1. The molecule has 8 nitrogen and oxygen atoms in total. The summed E-state index contributed by atoms with van der Waals surface area (Å²) in [5, 5.41) is 19.1. The molecule has 0 aliphatic carbocycles. The van der Waals surface area contributed by atoms with E-state index in [0.29, 0.717) is 30.1 Å². The number of H-pyrrole nitrogens is 1. The maximum Gasteiger partial charge on any atom is 0.258 e. The summed E-state index contributed by atoms with van der Waals surface area (Å²) in [6.07, 6.45) is 2.94. The fraction of sp³-hybridized carbons (Fsp3) is 0.481. The number of morpholine rings is 1. The molecular formula is C27H32N4O4. The van der Waals surface area contributed by atoms with Gasteiger partial charge < -0.3 is 19.5 Å². The second-order valence-corrected chi connectivity index (χ2v) is 10.0. The van der Waals surface area contributed by atoms with Crippen molar-refractivity contribution in [1.29, 1.82) is 0 Å². The highest BCUT2D eigenvalue weighted by Crippen LogP contribution is 2.32. The van der Waals surface area contributed by atoms with E-state index in [2.05, 4.69) is 33.3 Å². The van der Waals surface area contributed by atoms with Crippen LogP contribution in [0.15, 0.2) is 30.3 Å². The van der Waals surface area contributed by atoms with Gasteiger partial charge in [0, 0.05) is 63.1 Å². The van der Waals surface area contributed by atoms with E-state index in [4.69, 9.17) is 9.47 Å². The van der Waals surface area contributed by atoms with Crippen molar-refractivity contribution in [3.63, 3.8) is 0 Å². The zero-order chi connectivity index (χ0) is 23.8. The van der Waals surface area contributed by atoms with Crippen LogP contribution in [0.2, 0.25) is 0 Å². The average molecular weight is 477 g/mol. The lowest BCUT2D eigenvalue weighted by Crippen LogP contribution is -2.35. The molecule has 4 heterocycles. The van der Waals surface area contributed by atoms with Gasteiger partial charge in [0.15, 0.2) is 0 Å². The van der Waals surface area contributed by atoms with Crippen molar-refractivity contribution < 1.29 is 19.4 Å². The first kappa shape index (κ1) is 22.5. The van der Waals surface area contributed by atoms with Gasteiger partial charge in [-0.15, -0.1) is 0 Å². The summed E-state index contributed by atoms with van der Waals surface area (Å²) < 4.78 is 10.9. The van der Waals surface area contributed by atoms with Crippen molar-refractivity contribution in [2.24, 2.45) is 5.92 Å². The summed E-state index contributed by atoms with van der Waals surface area (Å²) in [5.41, 5.74) is 5.69. The zero-order valence-corrected chi connectivity index (χ0v) is 20.0. The number of amides is 1. The predicted octanol–water partition coefficient (Wildman–Crippen LogP) is 3.23. The number of carbonyl (C=O) groups is 1. The van der Waals surface area contributed by atoms with Crippen LogP contribution in [0.3, 0.4) is 0 Å². The monoisotopic (exact) mass is 476 g/mol. The number of phenols is 1. The molecule has 3 aromatic rings. The van der Waals surface area contributed by atoms with Crippen LogP contribution in [-0.2, 0) is 35.5 Å². The van der Waals surface area contributed by atoms with Crippen LogP contribution in [0, 0.1) is 5.92 Å². The summed E-state index contributed by atoms with van der Waals surface area (Å²) in [6, 6.07) is 9.96. The third kappa shape index (κ3) is 4.66. The fourth-order valence-corrected chi connectivity index (χ4v) is 5.54. The van der Waals surface area contributed by atoms with Gasteiger partial charge in [-0.2, -0.15) is 5.10 Å². The number of benzene rings is 2. The van der Waals surface area contributed by atoms with Gasteiger partial charge in [0.1, 0.15) is 5.75 Å². The lowest BCUT2D eigenvalue weighted by atomic mass is 9.93. The van der Waals surface area contributed by atoms with E-state index >= 15 is 0 Å². The van der Waals surface area contributed by atoms with Crippen molar-refractivity contribution in [3.8, 4) is 5.75 Å². The minimum atomic E-state index is -0.145. The van der Waals surface area contributed by atoms with Crippen LogP contribution in [0.5, 0.6) is 5.75 Å². The van der Waals surface area contributed by atoms with Crippen molar-refractivity contribution in [1.82, 2.24) is 20.0 Å². The number of ether oxygens (including phenoxy) is 2. The molecule has 0 unspecified atom stereocenters. The van der Waals surface area contributed by atoms with Crippen LogP contribution >= 0.6 is 0 Å². The van der Waals surface area contributed by atoms with E-state index in [9.17, 15) is 9.90 Å². The number of nitrogens with one attached hydrogen (secondary N) is 1. The van der Waals surface area contributed by atoms with E-state index in [1.54, 1.807) is 6.07 Å². The van der Waals surface area contributed by atoms with Crippen LogP contribution < -0.4 is 0 Å². The highest BCUT2D eigenvalue weighted by atomic mass is 16.5. The molecule has 2 aromatic carbocycles. The number of aromatic amines is 1. The Morgan fingerprint density at radius 1 is 1.03 bits per heavy atom. The highest BCUT2D eigenvalue weighted by Gasteiger charge is 2.28. The van der Waals surface area contributed by atoms with E-state index in [1.807, 2.05) is 11.0 Å². The van der Waals surface area contributed by atoms with Crippen molar-refractivity contribution in [2.45, 2.75) is 38.9 Å². The lowest BCUT2D eigenvalue weighted by molar-refractivity contribution is 0.0342. The summed E-state index contributed by atoms with van der Waals surface area (Å²) >= 11 is 0. The summed E-state index contributed by atoms with van der Waals surface area (Å²) in [5.74, 6) is 0.379. The Balaban J connectivity index is 1.19. The summed E-state index contributed by atoms with van der Waals surface area (Å²) in [7, 11) is 0. The van der Waals surface area contributed by atoms with E-state index < -0.39 is 0 Å². The molecule has 0 bridgehead atoms. The number of phenolic OH excluding ortho intramolecular Hbond substituents is 1. The lowest BCUT2D eigenvalue weighted by Gasteiger charge is -2.26. The molecule has 0 saturated carbocycles. The number of nitrogens with zero attached hydrogens (tertiary/aromatic N) is 3. The smallest absolute Gasteiger partial charge is 0.258 e. The number of fused-ring (bicyclic) bond motifs is 2. The molecule has 1 aromatic heterocycles. The molecule has 1 amide bonds. The number of rotatable bonds is 5. The largest absolute Gasteiger partial charge is 0.507 e. The third-order valence-electron chi connectivity index (χ3n) is 7.60. The van der Waals surface area contributed by atoms with E-state index in [-0.39, 0.29) is 11.7 Å². The molecule has 0 atom stereocenters. The van der Waals surface area contributed by atoms with E-state index in [0.717, 1.165) is 76.4 Å². The molecule has 35 heavy (non-hydrogen) atoms. The first-order valence-electron chi connectivity index (χ1n) is 12.6. The van der Waals surface area contributed by atoms with Crippen LogP contribution in [0.1, 0.15) is 45.6 Å². The molecule has 3 aliphatic rings. The molecule has 6 rings (SSSR count). The molecule has 3 aliphatic heterocycles. The normalized spacial score (nSPS) is 19.4. The number of hydrogen-bond donors (Lipinski definition) is 2. The number of hydrogen-bond acceptors (Lipinski definition) is 6. The second-order valence-electron chi connectivity index (χ2n) is 10.0. The first-order chi connectivity index (χ1) is 17.1. The van der Waals surface area contributed by atoms with Gasteiger partial charge in [-0.25, -0.2) is 0 Å². The summed E-state index contributed by atoms with van der Waals surface area (Å²) in [6.45, 7) is 7.09. The minimum absolute atomic E-state index is 0.0180. The van der Waals surface area contributed by atoms with Crippen LogP contribution in [0.4, 0.5) is 0 Å². The Kier molecular flexibility index (Phi) is 6.18. The Bertz CT molecular complexity index is 1230. The van der Waals surface area contributed by atoms with Crippen molar-refractivity contribution in [2.75, 3.05) is 39.5 Å². The van der Waals surface area contributed by atoms with Gasteiger partial charge in [0.2, 0.25) is 0 Å². The average Bonchev–Trinajstić information content (AvgIpc) is 3.48. The maximum absolute atomic E-state index is 13.5. The topological polar surface area (TPSA) is 90.9 Å². The van der Waals surface area contributed by atoms with Gasteiger partial charge in [-0.3, -0.25) is 14.8 Å². The molecule has 2 N–H and O–H groups in total. The Morgan fingerprint density at radius 3 is 2.63 bits per heavy atom. The molecule has 8 heteroatoms. The first-order valence-corrected chi connectivity index (χ1v) is 12.6. The maximum atomic E-state index is 13.5. The fourth-order valence-electron chi connectivity index (χ4n) is 5.54. The molecule has 0 radical (unpaired) electrons. The molecule has 0 spiro atoms. The van der Waals surface area contributed by atoms with Gasteiger partial charge in [-0.05, 0) is 47.9 Å². The molecular weight excluding hydrogens is 444 g/mol. The van der Waals surface area contributed by atoms with Gasteiger partial charge in [0.05, 0.1) is 24.3 Å². The Hall–Kier alpha value is -2.94. The number of aromatic nitrogens is 2. The standard InChI is InChI=1S/C27H32N4O4/c32-26-14-25-22(24(28-29-25)12-18-3-7-34-8-4-18)13-23(26)27(33)31-16-20-2-1-19(11-21(20)17-31)15-30-5-9-35-10-6-30/h1-2,11,13-14,18,32H,3-10,12,15-17H2,(H,28,29). The third-order valence-corrected chi connectivity index (χ3v) is 7.60. The minimum Gasteiger partial charge on any atom is -0.507 e. The van der Waals surface area contributed by atoms with Gasteiger partial charge in [-0.1, -0.05) is 18.2 Å². The molecule has 2 fully saturated rings. The Morgan fingerprint density at radius 2 is 1.80 bits per heavy atom. The predicted molar refractivity (Wildman–Crippen MR) is 131 cm³/mol. The van der Waals surface area contributed by atoms with Crippen molar-refractivity contribution >= 4 is 16.8 Å².